The zero-order valence-corrected chi connectivity index (χ0v) is 14.5. The van der Waals surface area contributed by atoms with Crippen LogP contribution in [0.4, 0.5) is 0 Å². The van der Waals surface area contributed by atoms with Gasteiger partial charge >= 0.3 is 0 Å². The van der Waals surface area contributed by atoms with Crippen LogP contribution in [-0.4, -0.2) is 25.9 Å². The number of aliphatic hydroxyl groups is 1. The van der Waals surface area contributed by atoms with Gasteiger partial charge in [0, 0.05) is 6.61 Å². The number of aliphatic hydroxyl groups excluding tert-OH is 1. The topological polar surface area (TPSA) is 38.7 Å². The van der Waals surface area contributed by atoms with Crippen LogP contribution in [0.2, 0.25) is 0 Å². The van der Waals surface area contributed by atoms with Crippen molar-refractivity contribution in [3.8, 4) is 11.5 Å². The molecule has 0 amide bonds. The summed E-state index contributed by atoms with van der Waals surface area (Å²) in [6.07, 6.45) is 4.23. The number of benzene rings is 2. The van der Waals surface area contributed by atoms with Crippen molar-refractivity contribution in [3.05, 3.63) is 72.3 Å². The van der Waals surface area contributed by atoms with Gasteiger partial charge in [-0.15, -0.1) is 6.58 Å². The van der Waals surface area contributed by atoms with Crippen molar-refractivity contribution < 1.29 is 14.6 Å². The van der Waals surface area contributed by atoms with E-state index in [1.807, 2.05) is 42.5 Å². The summed E-state index contributed by atoms with van der Waals surface area (Å²) in [5.41, 5.74) is 2.13. The smallest absolute Gasteiger partial charge is 0.119 e. The van der Waals surface area contributed by atoms with E-state index in [2.05, 4.69) is 18.7 Å². The third-order valence-corrected chi connectivity index (χ3v) is 4.42. The molecule has 0 aliphatic carbocycles. The van der Waals surface area contributed by atoms with E-state index in [-0.39, 0.29) is 12.0 Å². The molecule has 0 saturated heterocycles. The molecule has 0 atom stereocenters. The van der Waals surface area contributed by atoms with E-state index >= 15 is 0 Å². The molecule has 3 heteroatoms. The van der Waals surface area contributed by atoms with E-state index in [0.29, 0.717) is 6.42 Å². The van der Waals surface area contributed by atoms with Crippen molar-refractivity contribution in [1.82, 2.24) is 0 Å². The molecule has 128 valence electrons. The van der Waals surface area contributed by atoms with Gasteiger partial charge in [0.25, 0.3) is 0 Å². The summed E-state index contributed by atoms with van der Waals surface area (Å²) in [6.45, 7) is 4.18. The largest absolute Gasteiger partial charge is 0.497 e. The number of methoxy groups -OCH3 is 2. The zero-order valence-electron chi connectivity index (χ0n) is 14.5. The van der Waals surface area contributed by atoms with Gasteiger partial charge in [-0.3, -0.25) is 0 Å². The van der Waals surface area contributed by atoms with Crippen molar-refractivity contribution in [2.75, 3.05) is 20.8 Å². The second-order valence-electron chi connectivity index (χ2n) is 6.10. The normalized spacial score (nSPS) is 11.1. The Morgan fingerprint density at radius 1 is 0.958 bits per heavy atom. The van der Waals surface area contributed by atoms with Crippen molar-refractivity contribution in [1.29, 1.82) is 0 Å². The lowest BCUT2D eigenvalue weighted by atomic mass is 9.74. The molecule has 0 aliphatic rings. The average Bonchev–Trinajstić information content (AvgIpc) is 2.62. The molecule has 2 aromatic carbocycles. The van der Waals surface area contributed by atoms with Crippen LogP contribution in [0.5, 0.6) is 11.5 Å². The monoisotopic (exact) mass is 326 g/mol. The predicted octanol–water partition coefficient (Wildman–Crippen LogP) is 4.04. The van der Waals surface area contributed by atoms with E-state index in [1.54, 1.807) is 14.2 Å². The second kappa shape index (κ2) is 8.55. The van der Waals surface area contributed by atoms with Gasteiger partial charge in [-0.2, -0.15) is 0 Å². The van der Waals surface area contributed by atoms with Crippen LogP contribution in [0.3, 0.4) is 0 Å². The number of hydrogen-bond acceptors (Lipinski definition) is 3. The quantitative estimate of drug-likeness (QED) is 0.707. The first-order valence-electron chi connectivity index (χ1n) is 8.15. The maximum absolute atomic E-state index is 9.59. The lowest BCUT2D eigenvalue weighted by molar-refractivity contribution is 0.217. The van der Waals surface area contributed by atoms with Crippen LogP contribution < -0.4 is 9.47 Å². The fourth-order valence-corrected chi connectivity index (χ4v) is 3.09. The molecule has 0 radical (unpaired) electrons. The molecule has 0 spiro atoms. The van der Waals surface area contributed by atoms with Crippen molar-refractivity contribution in [2.45, 2.75) is 19.3 Å². The van der Waals surface area contributed by atoms with Gasteiger partial charge in [0.05, 0.1) is 14.2 Å². The Morgan fingerprint density at radius 3 is 1.83 bits per heavy atom. The molecule has 3 nitrogen and oxygen atoms in total. The van der Waals surface area contributed by atoms with Crippen LogP contribution in [0.1, 0.15) is 17.5 Å². The Bertz CT molecular complexity index is 614. The van der Waals surface area contributed by atoms with Crippen molar-refractivity contribution in [2.24, 2.45) is 5.41 Å². The van der Waals surface area contributed by atoms with Gasteiger partial charge in [0.15, 0.2) is 0 Å². The fraction of sp³-hybridized carbons (Fsp3) is 0.333. The first-order chi connectivity index (χ1) is 11.6. The number of hydrogen-bond donors (Lipinski definition) is 1. The summed E-state index contributed by atoms with van der Waals surface area (Å²) in [7, 11) is 3.34. The molecule has 2 aromatic rings. The third-order valence-electron chi connectivity index (χ3n) is 4.42. The minimum absolute atomic E-state index is 0.125. The summed E-state index contributed by atoms with van der Waals surface area (Å²) >= 11 is 0. The number of allylic oxidation sites excluding steroid dienone is 1. The average molecular weight is 326 g/mol. The summed E-state index contributed by atoms with van der Waals surface area (Å²) in [5, 5.41) is 9.59. The molecular weight excluding hydrogens is 300 g/mol. The Morgan fingerprint density at radius 2 is 1.46 bits per heavy atom. The third kappa shape index (κ3) is 4.62. The molecular formula is C21H26O3. The van der Waals surface area contributed by atoms with Gasteiger partial charge < -0.3 is 14.6 Å². The molecule has 0 heterocycles. The highest BCUT2D eigenvalue weighted by molar-refractivity contribution is 5.32. The van der Waals surface area contributed by atoms with Crippen LogP contribution in [-0.2, 0) is 12.8 Å². The molecule has 1 N–H and O–H groups in total. The lowest BCUT2D eigenvalue weighted by Gasteiger charge is -2.31. The van der Waals surface area contributed by atoms with Gasteiger partial charge in [-0.1, -0.05) is 30.3 Å². The molecule has 24 heavy (non-hydrogen) atoms. The first kappa shape index (κ1) is 18.1. The highest BCUT2D eigenvalue weighted by atomic mass is 16.5. The molecule has 0 fully saturated rings. The van der Waals surface area contributed by atoms with Crippen molar-refractivity contribution in [3.63, 3.8) is 0 Å². The molecule has 0 aliphatic heterocycles. The van der Waals surface area contributed by atoms with E-state index < -0.39 is 0 Å². The zero-order chi connectivity index (χ0) is 17.4. The molecule has 2 rings (SSSR count). The SMILES string of the molecule is C=CC(CCO)(Cc1cccc(OC)c1)Cc1cccc(OC)c1. The standard InChI is InChI=1S/C21H26O3/c1-4-21(11-12-22,15-17-7-5-9-19(13-17)23-2)16-18-8-6-10-20(14-18)24-3/h4-10,13-14,22H,1,11-12,15-16H2,2-3H3. The van der Waals surface area contributed by atoms with Crippen molar-refractivity contribution >= 4 is 0 Å². The van der Waals surface area contributed by atoms with Crippen LogP contribution >= 0.6 is 0 Å². The summed E-state index contributed by atoms with van der Waals surface area (Å²) in [5.74, 6) is 1.69. The Kier molecular flexibility index (Phi) is 6.44. The second-order valence-corrected chi connectivity index (χ2v) is 6.10. The minimum atomic E-state index is -0.215. The summed E-state index contributed by atoms with van der Waals surface area (Å²) in [6, 6.07) is 16.1. The van der Waals surface area contributed by atoms with Gasteiger partial charge in [-0.05, 0) is 60.1 Å². The molecule has 0 aromatic heterocycles. The summed E-state index contributed by atoms with van der Waals surface area (Å²) in [4.78, 5) is 0. The van der Waals surface area contributed by atoms with Crippen LogP contribution in [0.25, 0.3) is 0 Å². The molecule has 0 bridgehead atoms. The van der Waals surface area contributed by atoms with E-state index in [9.17, 15) is 5.11 Å². The lowest BCUT2D eigenvalue weighted by Crippen LogP contribution is -2.25. The van der Waals surface area contributed by atoms with Crippen LogP contribution in [0.15, 0.2) is 61.2 Å². The highest BCUT2D eigenvalue weighted by Gasteiger charge is 2.27. The van der Waals surface area contributed by atoms with Gasteiger partial charge in [-0.25, -0.2) is 0 Å². The van der Waals surface area contributed by atoms with E-state index in [4.69, 9.17) is 9.47 Å². The molecule has 0 saturated carbocycles. The maximum atomic E-state index is 9.59. The minimum Gasteiger partial charge on any atom is -0.497 e. The Balaban J connectivity index is 2.28. The summed E-state index contributed by atoms with van der Waals surface area (Å²) < 4.78 is 10.6. The number of rotatable bonds is 9. The first-order valence-corrected chi connectivity index (χ1v) is 8.15. The van der Waals surface area contributed by atoms with Crippen LogP contribution in [0, 0.1) is 5.41 Å². The van der Waals surface area contributed by atoms with Gasteiger partial charge in [0.1, 0.15) is 11.5 Å². The van der Waals surface area contributed by atoms with E-state index in [1.165, 1.54) is 11.1 Å². The van der Waals surface area contributed by atoms with Gasteiger partial charge in [0.2, 0.25) is 0 Å². The Hall–Kier alpha value is -2.26. The fourth-order valence-electron chi connectivity index (χ4n) is 3.09. The highest BCUT2D eigenvalue weighted by Crippen LogP contribution is 2.34. The predicted molar refractivity (Wildman–Crippen MR) is 97.7 cm³/mol. The van der Waals surface area contributed by atoms with E-state index in [0.717, 1.165) is 24.3 Å². The molecule has 0 unspecified atom stereocenters. The number of ether oxygens (including phenoxy) is 2. The maximum Gasteiger partial charge on any atom is 0.119 e. The Labute approximate surface area is 144 Å².